The number of benzene rings is 2. The number of rotatable bonds is 4. The third-order valence-electron chi connectivity index (χ3n) is 3.73. The van der Waals surface area contributed by atoms with Crippen molar-refractivity contribution in [3.8, 4) is 6.07 Å². The molecule has 0 saturated carbocycles. The number of nitrogens with zero attached hydrogens (tertiary/aromatic N) is 1. The highest BCUT2D eigenvalue weighted by Gasteiger charge is 2.30. The largest absolute Gasteiger partial charge is 0.416 e. The maximum absolute atomic E-state index is 12.7. The van der Waals surface area contributed by atoms with Crippen LogP contribution in [0.3, 0.4) is 0 Å². The van der Waals surface area contributed by atoms with Crippen LogP contribution in [0.15, 0.2) is 54.1 Å². The number of hydrogen-bond donors (Lipinski definition) is 1. The van der Waals surface area contributed by atoms with Gasteiger partial charge in [0.25, 0.3) is 5.91 Å². The maximum atomic E-state index is 12.7. The summed E-state index contributed by atoms with van der Waals surface area (Å²) in [4.78, 5) is 12.2. The second-order valence-corrected chi connectivity index (χ2v) is 6.02. The van der Waals surface area contributed by atoms with Gasteiger partial charge in [0.2, 0.25) is 0 Å². The quantitative estimate of drug-likeness (QED) is 0.590. The maximum Gasteiger partial charge on any atom is 0.416 e. The van der Waals surface area contributed by atoms with E-state index in [1.54, 1.807) is 18.2 Å². The molecule has 0 bridgehead atoms. The standard InChI is InChI=1S/C20H17F3N2O/c1-13(2)15-8-6-14(7-9-15)10-16(12-24)19(26)25-18-5-3-4-17(11-18)20(21,22)23/h3-11,13H,1-2H3,(H,25,26)/b16-10-. The van der Waals surface area contributed by atoms with Crippen molar-refractivity contribution in [3.63, 3.8) is 0 Å². The Balaban J connectivity index is 2.20. The smallest absolute Gasteiger partial charge is 0.321 e. The van der Waals surface area contributed by atoms with Crippen LogP contribution in [0.1, 0.15) is 36.5 Å². The topological polar surface area (TPSA) is 52.9 Å². The van der Waals surface area contributed by atoms with E-state index in [2.05, 4.69) is 5.32 Å². The van der Waals surface area contributed by atoms with Crippen LogP contribution in [0, 0.1) is 11.3 Å². The van der Waals surface area contributed by atoms with E-state index >= 15 is 0 Å². The summed E-state index contributed by atoms with van der Waals surface area (Å²) in [5.41, 5.74) is 0.683. The predicted octanol–water partition coefficient (Wildman–Crippen LogP) is 5.37. The van der Waals surface area contributed by atoms with Gasteiger partial charge < -0.3 is 5.32 Å². The van der Waals surface area contributed by atoms with Crippen molar-refractivity contribution >= 4 is 17.7 Å². The van der Waals surface area contributed by atoms with Crippen LogP contribution >= 0.6 is 0 Å². The van der Waals surface area contributed by atoms with Crippen molar-refractivity contribution in [2.75, 3.05) is 5.32 Å². The Hall–Kier alpha value is -3.07. The average molecular weight is 358 g/mol. The van der Waals surface area contributed by atoms with Crippen LogP contribution in [0.5, 0.6) is 0 Å². The van der Waals surface area contributed by atoms with Crippen molar-refractivity contribution in [2.45, 2.75) is 25.9 Å². The molecule has 0 saturated heterocycles. The zero-order chi connectivity index (χ0) is 19.3. The lowest BCUT2D eigenvalue weighted by Gasteiger charge is -2.09. The Labute approximate surface area is 149 Å². The minimum Gasteiger partial charge on any atom is -0.321 e. The van der Waals surface area contributed by atoms with Gasteiger partial charge in [-0.15, -0.1) is 0 Å². The number of carbonyl (C=O) groups is 1. The Bertz CT molecular complexity index is 860. The second-order valence-electron chi connectivity index (χ2n) is 6.02. The van der Waals surface area contributed by atoms with Crippen LogP contribution in [0.2, 0.25) is 0 Å². The van der Waals surface area contributed by atoms with E-state index < -0.39 is 17.6 Å². The Morgan fingerprint density at radius 3 is 2.35 bits per heavy atom. The number of nitriles is 1. The normalized spacial score (nSPS) is 12.0. The molecule has 26 heavy (non-hydrogen) atoms. The minimum absolute atomic E-state index is 0.0267. The lowest BCUT2D eigenvalue weighted by molar-refractivity contribution is -0.137. The highest BCUT2D eigenvalue weighted by molar-refractivity contribution is 6.09. The SMILES string of the molecule is CC(C)c1ccc(/C=C(/C#N)C(=O)Nc2cccc(C(F)(F)F)c2)cc1. The van der Waals surface area contributed by atoms with E-state index in [0.717, 1.165) is 17.7 Å². The summed E-state index contributed by atoms with van der Waals surface area (Å²) in [5, 5.41) is 11.5. The van der Waals surface area contributed by atoms with Gasteiger partial charge in [0, 0.05) is 5.69 Å². The number of anilines is 1. The van der Waals surface area contributed by atoms with Crippen molar-refractivity contribution in [1.29, 1.82) is 5.26 Å². The van der Waals surface area contributed by atoms with E-state index in [0.29, 0.717) is 11.5 Å². The first-order valence-corrected chi connectivity index (χ1v) is 7.91. The van der Waals surface area contributed by atoms with E-state index in [1.807, 2.05) is 26.0 Å². The third kappa shape index (κ3) is 4.96. The number of hydrogen-bond acceptors (Lipinski definition) is 2. The van der Waals surface area contributed by atoms with Crippen LogP contribution in [0.25, 0.3) is 6.08 Å². The first-order chi connectivity index (χ1) is 12.2. The van der Waals surface area contributed by atoms with Crippen LogP contribution in [0.4, 0.5) is 18.9 Å². The number of nitrogens with one attached hydrogen (secondary N) is 1. The molecule has 0 aliphatic heterocycles. The van der Waals surface area contributed by atoms with Crippen molar-refractivity contribution in [1.82, 2.24) is 0 Å². The predicted molar refractivity (Wildman–Crippen MR) is 94.2 cm³/mol. The Kier molecular flexibility index (Phi) is 5.83. The molecule has 1 amide bonds. The molecule has 1 N–H and O–H groups in total. The van der Waals surface area contributed by atoms with Gasteiger partial charge in [0.15, 0.2) is 0 Å². The molecule has 0 fully saturated rings. The van der Waals surface area contributed by atoms with Gasteiger partial charge in [0.1, 0.15) is 11.6 Å². The summed E-state index contributed by atoms with van der Waals surface area (Å²) in [6.07, 6.45) is -3.11. The van der Waals surface area contributed by atoms with E-state index in [4.69, 9.17) is 0 Å². The molecule has 6 heteroatoms. The summed E-state index contributed by atoms with van der Waals surface area (Å²) in [6.45, 7) is 4.10. The van der Waals surface area contributed by atoms with Gasteiger partial charge >= 0.3 is 6.18 Å². The first-order valence-electron chi connectivity index (χ1n) is 7.91. The zero-order valence-corrected chi connectivity index (χ0v) is 14.3. The van der Waals surface area contributed by atoms with Gasteiger partial charge in [-0.2, -0.15) is 18.4 Å². The zero-order valence-electron chi connectivity index (χ0n) is 14.3. The average Bonchev–Trinajstić information content (AvgIpc) is 2.59. The molecule has 0 aliphatic rings. The molecular formula is C20H17F3N2O. The van der Waals surface area contributed by atoms with Gasteiger partial charge in [-0.25, -0.2) is 0 Å². The molecule has 0 unspecified atom stereocenters. The molecule has 0 aromatic heterocycles. The molecule has 0 aliphatic carbocycles. The highest BCUT2D eigenvalue weighted by atomic mass is 19.4. The molecule has 134 valence electrons. The lowest BCUT2D eigenvalue weighted by Crippen LogP contribution is -2.14. The summed E-state index contributed by atoms with van der Waals surface area (Å²) in [5.74, 6) is -0.410. The second kappa shape index (κ2) is 7.87. The van der Waals surface area contributed by atoms with Crippen molar-refractivity contribution in [2.24, 2.45) is 0 Å². The number of alkyl halides is 3. The molecule has 2 aromatic carbocycles. The monoisotopic (exact) mass is 358 g/mol. The summed E-state index contributed by atoms with van der Waals surface area (Å²) in [6, 6.07) is 13.4. The van der Waals surface area contributed by atoms with Crippen LogP contribution in [-0.4, -0.2) is 5.91 Å². The minimum atomic E-state index is -4.51. The third-order valence-corrected chi connectivity index (χ3v) is 3.73. The molecule has 0 radical (unpaired) electrons. The summed E-state index contributed by atoms with van der Waals surface area (Å²) >= 11 is 0. The fraction of sp³-hybridized carbons (Fsp3) is 0.200. The van der Waals surface area contributed by atoms with Crippen molar-refractivity contribution < 1.29 is 18.0 Å². The van der Waals surface area contributed by atoms with Crippen LogP contribution < -0.4 is 5.32 Å². The summed E-state index contributed by atoms with van der Waals surface area (Å²) in [7, 11) is 0. The fourth-order valence-electron chi connectivity index (χ4n) is 2.26. The highest BCUT2D eigenvalue weighted by Crippen LogP contribution is 2.30. The molecule has 0 heterocycles. The lowest BCUT2D eigenvalue weighted by atomic mass is 10.0. The van der Waals surface area contributed by atoms with Gasteiger partial charge in [-0.05, 0) is 41.3 Å². The molecule has 3 nitrogen and oxygen atoms in total. The molecule has 0 spiro atoms. The molecular weight excluding hydrogens is 341 g/mol. The Morgan fingerprint density at radius 1 is 1.15 bits per heavy atom. The fourth-order valence-corrected chi connectivity index (χ4v) is 2.26. The van der Waals surface area contributed by atoms with E-state index in [9.17, 15) is 23.2 Å². The van der Waals surface area contributed by atoms with Crippen LogP contribution in [-0.2, 0) is 11.0 Å². The Morgan fingerprint density at radius 2 is 1.81 bits per heavy atom. The van der Waals surface area contributed by atoms with Gasteiger partial charge in [-0.3, -0.25) is 4.79 Å². The molecule has 0 atom stereocenters. The summed E-state index contributed by atoms with van der Waals surface area (Å²) < 4.78 is 38.2. The number of amides is 1. The first kappa shape index (κ1) is 19.3. The van der Waals surface area contributed by atoms with Crippen molar-refractivity contribution in [3.05, 3.63) is 70.8 Å². The number of carbonyl (C=O) groups excluding carboxylic acids is 1. The number of halogens is 3. The molecule has 2 aromatic rings. The van der Waals surface area contributed by atoms with Gasteiger partial charge in [-0.1, -0.05) is 44.2 Å². The molecule has 2 rings (SSSR count). The van der Waals surface area contributed by atoms with Gasteiger partial charge in [0.05, 0.1) is 5.56 Å². The van der Waals surface area contributed by atoms with E-state index in [-0.39, 0.29) is 11.3 Å². The van der Waals surface area contributed by atoms with E-state index in [1.165, 1.54) is 18.2 Å².